The Morgan fingerprint density at radius 1 is 1.10 bits per heavy atom. The van der Waals surface area contributed by atoms with E-state index in [1.54, 1.807) is 0 Å². The van der Waals surface area contributed by atoms with Crippen LogP contribution in [0.2, 0.25) is 10.0 Å². The van der Waals surface area contributed by atoms with Crippen molar-refractivity contribution in [2.24, 2.45) is 4.99 Å². The lowest BCUT2D eigenvalue weighted by Gasteiger charge is -2.23. The lowest BCUT2D eigenvalue weighted by atomic mass is 10.00. The van der Waals surface area contributed by atoms with Crippen molar-refractivity contribution < 1.29 is 0 Å². The van der Waals surface area contributed by atoms with Gasteiger partial charge in [-0.1, -0.05) is 48.3 Å². The van der Waals surface area contributed by atoms with Crippen LogP contribution in [0, 0.1) is 0 Å². The second kappa shape index (κ2) is 8.27. The highest BCUT2D eigenvalue weighted by atomic mass is 35.5. The quantitative estimate of drug-likeness (QED) is 0.586. The van der Waals surface area contributed by atoms with Gasteiger partial charge in [-0.15, -0.1) is 10.2 Å². The minimum atomic E-state index is 0.344. The summed E-state index contributed by atoms with van der Waals surface area (Å²) in [5, 5.41) is 10.3. The lowest BCUT2D eigenvalue weighted by molar-refractivity contribution is 0.266. The maximum atomic E-state index is 6.50. The Kier molecular flexibility index (Phi) is 5.72. The third kappa shape index (κ3) is 3.82. The van der Waals surface area contributed by atoms with E-state index in [0.717, 1.165) is 47.1 Å². The van der Waals surface area contributed by atoms with Crippen LogP contribution < -0.4 is 0 Å². The summed E-state index contributed by atoms with van der Waals surface area (Å²) in [6.45, 7) is 5.77. The van der Waals surface area contributed by atoms with Crippen molar-refractivity contribution in [3.8, 4) is 5.69 Å². The van der Waals surface area contributed by atoms with Crippen LogP contribution in [-0.4, -0.2) is 45.0 Å². The third-order valence-electron chi connectivity index (χ3n) is 5.49. The Labute approximate surface area is 181 Å². The van der Waals surface area contributed by atoms with Crippen molar-refractivity contribution in [3.63, 3.8) is 0 Å². The molecule has 1 aliphatic heterocycles. The summed E-state index contributed by atoms with van der Waals surface area (Å²) in [6.07, 6.45) is 0.792. The molecule has 0 saturated carbocycles. The highest BCUT2D eigenvalue weighted by molar-refractivity contribution is 6.36. The van der Waals surface area contributed by atoms with Gasteiger partial charge in [-0.2, -0.15) is 0 Å². The maximum absolute atomic E-state index is 6.50. The average molecular weight is 428 g/mol. The predicted molar refractivity (Wildman–Crippen MR) is 119 cm³/mol. The molecule has 150 valence electrons. The summed E-state index contributed by atoms with van der Waals surface area (Å²) in [7, 11) is 2.12. The Bertz CT molecular complexity index is 1070. The fraction of sp³-hybridized carbons (Fsp3) is 0.318. The summed E-state index contributed by atoms with van der Waals surface area (Å²) in [5.74, 6) is 1.74. The molecular weight excluding hydrogens is 405 g/mol. The molecule has 5 nitrogen and oxygen atoms in total. The van der Waals surface area contributed by atoms with E-state index in [1.807, 2.05) is 42.5 Å². The van der Waals surface area contributed by atoms with Crippen LogP contribution in [-0.2, 0) is 13.0 Å². The van der Waals surface area contributed by atoms with Gasteiger partial charge in [-0.3, -0.25) is 9.56 Å². The van der Waals surface area contributed by atoms with Gasteiger partial charge in [0.2, 0.25) is 0 Å². The summed E-state index contributed by atoms with van der Waals surface area (Å²) in [4.78, 5) is 7.16. The molecule has 0 N–H and O–H groups in total. The Morgan fingerprint density at radius 2 is 1.90 bits per heavy atom. The fourth-order valence-electron chi connectivity index (χ4n) is 3.61. The van der Waals surface area contributed by atoms with E-state index in [2.05, 4.69) is 40.6 Å². The second-order valence-electron chi connectivity index (χ2n) is 7.30. The van der Waals surface area contributed by atoms with Gasteiger partial charge in [-0.05, 0) is 44.8 Å². The van der Waals surface area contributed by atoms with Crippen molar-refractivity contribution in [2.45, 2.75) is 32.9 Å². The van der Waals surface area contributed by atoms with E-state index in [4.69, 9.17) is 28.2 Å². The molecule has 0 aliphatic carbocycles. The second-order valence-corrected chi connectivity index (χ2v) is 8.14. The minimum Gasteiger partial charge on any atom is -0.304 e. The zero-order valence-electron chi connectivity index (χ0n) is 16.7. The topological polar surface area (TPSA) is 46.3 Å². The smallest absolute Gasteiger partial charge is 0.159 e. The Hall–Kier alpha value is -2.21. The van der Waals surface area contributed by atoms with Crippen LogP contribution >= 0.6 is 23.2 Å². The number of hydrogen-bond acceptors (Lipinski definition) is 4. The molecule has 1 aromatic heterocycles. The molecule has 2 heterocycles. The SMILES string of the molecule is CCN(C)C(C)Cc1nnc2n1-c1ccc(Cl)cc1C(c1ccccc1Cl)=NC2. The predicted octanol–water partition coefficient (Wildman–Crippen LogP) is 4.81. The van der Waals surface area contributed by atoms with Crippen molar-refractivity contribution in [3.05, 3.63) is 75.3 Å². The minimum absolute atomic E-state index is 0.344. The number of aliphatic imine (C=N–C) groups is 1. The van der Waals surface area contributed by atoms with E-state index in [9.17, 15) is 0 Å². The van der Waals surface area contributed by atoms with Gasteiger partial charge in [0, 0.05) is 33.6 Å². The Morgan fingerprint density at radius 3 is 2.66 bits per heavy atom. The molecule has 2 aromatic carbocycles. The van der Waals surface area contributed by atoms with Crippen LogP contribution in [0.4, 0.5) is 0 Å². The largest absolute Gasteiger partial charge is 0.304 e. The number of aromatic nitrogens is 3. The maximum Gasteiger partial charge on any atom is 0.159 e. The molecule has 1 unspecified atom stereocenters. The third-order valence-corrected chi connectivity index (χ3v) is 6.05. The molecule has 0 amide bonds. The van der Waals surface area contributed by atoms with Crippen molar-refractivity contribution in [1.82, 2.24) is 19.7 Å². The molecule has 0 spiro atoms. The van der Waals surface area contributed by atoms with E-state index < -0.39 is 0 Å². The number of likely N-dealkylation sites (N-methyl/N-ethyl adjacent to an activating group) is 1. The summed E-state index contributed by atoms with van der Waals surface area (Å²) < 4.78 is 2.12. The molecule has 0 radical (unpaired) electrons. The van der Waals surface area contributed by atoms with Gasteiger partial charge in [-0.25, -0.2) is 0 Å². The summed E-state index contributed by atoms with van der Waals surface area (Å²) in [6, 6.07) is 13.9. The van der Waals surface area contributed by atoms with Gasteiger partial charge in [0.15, 0.2) is 5.82 Å². The number of rotatable bonds is 5. The number of benzene rings is 2. The molecule has 0 saturated heterocycles. The Balaban J connectivity index is 1.85. The van der Waals surface area contributed by atoms with Crippen LogP contribution in [0.5, 0.6) is 0 Å². The fourth-order valence-corrected chi connectivity index (χ4v) is 4.01. The first-order valence-corrected chi connectivity index (χ1v) is 10.5. The summed E-state index contributed by atoms with van der Waals surface area (Å²) in [5.41, 5.74) is 3.62. The van der Waals surface area contributed by atoms with Gasteiger partial charge in [0.25, 0.3) is 0 Å². The monoisotopic (exact) mass is 427 g/mol. The van der Waals surface area contributed by atoms with Crippen molar-refractivity contribution >= 4 is 28.9 Å². The molecule has 29 heavy (non-hydrogen) atoms. The van der Waals surface area contributed by atoms with E-state index in [1.165, 1.54) is 0 Å². The molecular formula is C22H23Cl2N5. The van der Waals surface area contributed by atoms with Crippen LogP contribution in [0.3, 0.4) is 0 Å². The van der Waals surface area contributed by atoms with Gasteiger partial charge >= 0.3 is 0 Å². The molecule has 4 rings (SSSR count). The van der Waals surface area contributed by atoms with E-state index in [0.29, 0.717) is 22.6 Å². The standard InChI is InChI=1S/C22H23Cl2N5/c1-4-28(3)14(2)11-20-26-27-21-13-25-22(16-7-5-6-8-18(16)24)17-12-15(23)9-10-19(17)29(20)21/h5-10,12,14H,4,11,13H2,1-3H3. The van der Waals surface area contributed by atoms with Crippen molar-refractivity contribution in [1.29, 1.82) is 0 Å². The molecule has 0 bridgehead atoms. The first kappa shape index (κ1) is 20.1. The highest BCUT2D eigenvalue weighted by Gasteiger charge is 2.25. The highest BCUT2D eigenvalue weighted by Crippen LogP contribution is 2.30. The number of fused-ring (bicyclic) bond motifs is 3. The van der Waals surface area contributed by atoms with Crippen molar-refractivity contribution in [2.75, 3.05) is 13.6 Å². The lowest BCUT2D eigenvalue weighted by Crippen LogP contribution is -2.31. The molecule has 1 atom stereocenters. The summed E-state index contributed by atoms with van der Waals surface area (Å²) >= 11 is 12.9. The number of halogens is 2. The van der Waals surface area contributed by atoms with Gasteiger partial charge < -0.3 is 4.90 Å². The molecule has 1 aliphatic rings. The van der Waals surface area contributed by atoms with Crippen LogP contribution in [0.1, 0.15) is 36.6 Å². The zero-order chi connectivity index (χ0) is 20.5. The molecule has 3 aromatic rings. The zero-order valence-corrected chi connectivity index (χ0v) is 18.2. The number of nitrogens with zero attached hydrogens (tertiary/aromatic N) is 5. The molecule has 0 fully saturated rings. The van der Waals surface area contributed by atoms with E-state index in [-0.39, 0.29) is 0 Å². The average Bonchev–Trinajstić information content (AvgIpc) is 3.03. The van der Waals surface area contributed by atoms with Gasteiger partial charge in [0.05, 0.1) is 11.4 Å². The van der Waals surface area contributed by atoms with Crippen LogP contribution in [0.15, 0.2) is 47.5 Å². The number of hydrogen-bond donors (Lipinski definition) is 0. The molecule has 7 heteroatoms. The van der Waals surface area contributed by atoms with Gasteiger partial charge in [0.1, 0.15) is 12.4 Å². The first-order chi connectivity index (χ1) is 14.0. The normalized spacial score (nSPS) is 14.2. The van der Waals surface area contributed by atoms with Crippen LogP contribution in [0.25, 0.3) is 5.69 Å². The van der Waals surface area contributed by atoms with E-state index >= 15 is 0 Å². The first-order valence-electron chi connectivity index (χ1n) is 9.72.